The van der Waals surface area contributed by atoms with Crippen LogP contribution in [0.4, 0.5) is 0 Å². The van der Waals surface area contributed by atoms with E-state index in [1.54, 1.807) is 14.2 Å². The summed E-state index contributed by atoms with van der Waals surface area (Å²) in [6, 6.07) is 5.71. The molecule has 0 fully saturated rings. The van der Waals surface area contributed by atoms with E-state index in [1.165, 1.54) is 0 Å². The minimum atomic E-state index is -0.246. The Morgan fingerprint density at radius 2 is 2.10 bits per heavy atom. The van der Waals surface area contributed by atoms with Crippen molar-refractivity contribution in [3.63, 3.8) is 0 Å². The van der Waals surface area contributed by atoms with E-state index in [9.17, 15) is 4.79 Å². The predicted octanol–water partition coefficient (Wildman–Crippen LogP) is 2.66. The average molecular weight is 339 g/mol. The smallest absolute Gasteiger partial charge is 0.265 e. The Kier molecular flexibility index (Phi) is 4.57. The fourth-order valence-corrected chi connectivity index (χ4v) is 2.16. The maximum absolute atomic E-state index is 11.9. The largest absolute Gasteiger partial charge is 0.496 e. The molecule has 0 radical (unpaired) electrons. The van der Waals surface area contributed by atoms with Gasteiger partial charge in [0.15, 0.2) is 0 Å². The van der Waals surface area contributed by atoms with Crippen molar-refractivity contribution in [1.82, 2.24) is 9.97 Å². The number of ether oxygens (including phenoxy) is 2. The van der Waals surface area contributed by atoms with Crippen molar-refractivity contribution in [2.75, 3.05) is 14.2 Å². The van der Waals surface area contributed by atoms with Gasteiger partial charge < -0.3 is 14.5 Å². The van der Waals surface area contributed by atoms with E-state index in [1.807, 2.05) is 25.1 Å². The van der Waals surface area contributed by atoms with Crippen molar-refractivity contribution in [2.24, 2.45) is 0 Å². The highest BCUT2D eigenvalue weighted by Crippen LogP contribution is 2.28. The molecule has 0 spiro atoms. The lowest BCUT2D eigenvalue weighted by Gasteiger charge is -2.10. The summed E-state index contributed by atoms with van der Waals surface area (Å²) in [4.78, 5) is 19.1. The van der Waals surface area contributed by atoms with Crippen LogP contribution in [-0.4, -0.2) is 24.2 Å². The molecule has 6 heteroatoms. The predicted molar refractivity (Wildman–Crippen MR) is 80.0 cm³/mol. The topological polar surface area (TPSA) is 64.2 Å². The number of halogens is 1. The first kappa shape index (κ1) is 14.7. The first-order chi connectivity index (χ1) is 9.56. The van der Waals surface area contributed by atoms with E-state index in [0.29, 0.717) is 21.7 Å². The van der Waals surface area contributed by atoms with Crippen LogP contribution in [0.3, 0.4) is 0 Å². The number of aromatic nitrogens is 2. The number of nitrogens with one attached hydrogen (secondary N) is 1. The molecule has 0 amide bonds. The summed E-state index contributed by atoms with van der Waals surface area (Å²) in [7, 11) is 3.15. The number of methoxy groups -OCH3 is 2. The van der Waals surface area contributed by atoms with Crippen molar-refractivity contribution in [3.8, 4) is 17.1 Å². The van der Waals surface area contributed by atoms with Gasteiger partial charge in [-0.3, -0.25) is 4.79 Å². The third-order valence-electron chi connectivity index (χ3n) is 2.82. The summed E-state index contributed by atoms with van der Waals surface area (Å²) in [6.45, 7) is 2.23. The maximum atomic E-state index is 11.9. The lowest BCUT2D eigenvalue weighted by molar-refractivity contribution is 0.180. The average Bonchev–Trinajstić information content (AvgIpc) is 2.43. The quantitative estimate of drug-likeness (QED) is 0.930. The van der Waals surface area contributed by atoms with Crippen LogP contribution in [0.5, 0.6) is 5.75 Å². The van der Waals surface area contributed by atoms with Gasteiger partial charge in [0.25, 0.3) is 5.56 Å². The Labute approximate surface area is 125 Å². The molecule has 2 rings (SSSR count). The standard InChI is InChI=1S/C14H15BrN2O3/c1-8-4-5-9(11(6-8)20-3)13-16-10(7-19-2)12(15)14(18)17-13/h4-6H,7H2,1-3H3,(H,16,17,18). The minimum absolute atomic E-state index is 0.246. The fraction of sp³-hybridized carbons (Fsp3) is 0.286. The summed E-state index contributed by atoms with van der Waals surface area (Å²) in [5.41, 5.74) is 2.11. The molecule has 0 aliphatic heterocycles. The number of benzene rings is 1. The van der Waals surface area contributed by atoms with Gasteiger partial charge in [-0.1, -0.05) is 6.07 Å². The molecule has 106 valence electrons. The number of nitrogens with zero attached hydrogens (tertiary/aromatic N) is 1. The highest BCUT2D eigenvalue weighted by molar-refractivity contribution is 9.10. The second-order valence-corrected chi connectivity index (χ2v) is 5.10. The van der Waals surface area contributed by atoms with Crippen molar-refractivity contribution < 1.29 is 9.47 Å². The summed E-state index contributed by atoms with van der Waals surface area (Å²) in [5, 5.41) is 0. The van der Waals surface area contributed by atoms with E-state index < -0.39 is 0 Å². The van der Waals surface area contributed by atoms with Gasteiger partial charge in [-0.15, -0.1) is 0 Å². The Bertz CT molecular complexity index is 683. The van der Waals surface area contributed by atoms with Gasteiger partial charge >= 0.3 is 0 Å². The van der Waals surface area contributed by atoms with Crippen LogP contribution in [0.15, 0.2) is 27.5 Å². The molecule has 20 heavy (non-hydrogen) atoms. The molecule has 0 aliphatic carbocycles. The SMILES string of the molecule is COCc1nc(-c2ccc(C)cc2OC)[nH]c(=O)c1Br. The summed E-state index contributed by atoms with van der Waals surface area (Å²) in [5.74, 6) is 1.13. The number of aromatic amines is 1. The van der Waals surface area contributed by atoms with E-state index in [2.05, 4.69) is 25.9 Å². The van der Waals surface area contributed by atoms with Crippen LogP contribution in [-0.2, 0) is 11.3 Å². The van der Waals surface area contributed by atoms with Gasteiger partial charge in [0.2, 0.25) is 0 Å². The van der Waals surface area contributed by atoms with E-state index >= 15 is 0 Å². The molecule has 1 aromatic carbocycles. The number of H-pyrrole nitrogens is 1. The van der Waals surface area contributed by atoms with Crippen LogP contribution in [0.1, 0.15) is 11.3 Å². The molecule has 5 nitrogen and oxygen atoms in total. The molecule has 0 saturated heterocycles. The molecular weight excluding hydrogens is 324 g/mol. The Morgan fingerprint density at radius 3 is 2.75 bits per heavy atom. The molecular formula is C14H15BrN2O3. The number of rotatable bonds is 4. The summed E-state index contributed by atoms with van der Waals surface area (Å²) >= 11 is 3.22. The first-order valence-electron chi connectivity index (χ1n) is 5.99. The Hall–Kier alpha value is -1.66. The highest BCUT2D eigenvalue weighted by atomic mass is 79.9. The van der Waals surface area contributed by atoms with Crippen molar-refractivity contribution in [2.45, 2.75) is 13.5 Å². The van der Waals surface area contributed by atoms with Crippen LogP contribution in [0.25, 0.3) is 11.4 Å². The van der Waals surface area contributed by atoms with Gasteiger partial charge in [0.1, 0.15) is 16.0 Å². The highest BCUT2D eigenvalue weighted by Gasteiger charge is 2.13. The lowest BCUT2D eigenvalue weighted by atomic mass is 10.1. The van der Waals surface area contributed by atoms with E-state index in [4.69, 9.17) is 9.47 Å². The molecule has 1 N–H and O–H groups in total. The van der Waals surface area contributed by atoms with Crippen molar-refractivity contribution in [1.29, 1.82) is 0 Å². The minimum Gasteiger partial charge on any atom is -0.496 e. The van der Waals surface area contributed by atoms with Crippen LogP contribution in [0, 0.1) is 6.92 Å². The molecule has 0 saturated carbocycles. The van der Waals surface area contributed by atoms with Gasteiger partial charge in [0, 0.05) is 7.11 Å². The number of aryl methyl sites for hydroxylation is 1. The maximum Gasteiger partial charge on any atom is 0.265 e. The monoisotopic (exact) mass is 338 g/mol. The van der Waals surface area contributed by atoms with Gasteiger partial charge in [-0.05, 0) is 40.5 Å². The van der Waals surface area contributed by atoms with Gasteiger partial charge in [-0.25, -0.2) is 4.98 Å². The molecule has 0 unspecified atom stereocenters. The number of hydrogen-bond acceptors (Lipinski definition) is 4. The molecule has 0 bridgehead atoms. The second kappa shape index (κ2) is 6.19. The zero-order valence-corrected chi connectivity index (χ0v) is 13.1. The summed E-state index contributed by atoms with van der Waals surface area (Å²) in [6.07, 6.45) is 0. The van der Waals surface area contributed by atoms with Crippen LogP contribution < -0.4 is 10.3 Å². The van der Waals surface area contributed by atoms with Gasteiger partial charge in [0.05, 0.1) is 25.0 Å². The number of hydrogen-bond donors (Lipinski definition) is 1. The molecule has 0 aliphatic rings. The molecule has 1 heterocycles. The molecule has 1 aromatic heterocycles. The zero-order chi connectivity index (χ0) is 14.7. The Balaban J connectivity index is 2.61. The summed E-state index contributed by atoms with van der Waals surface area (Å²) < 4.78 is 10.8. The van der Waals surface area contributed by atoms with Crippen molar-refractivity contribution in [3.05, 3.63) is 44.3 Å². The van der Waals surface area contributed by atoms with Crippen molar-refractivity contribution >= 4 is 15.9 Å². The fourth-order valence-electron chi connectivity index (χ4n) is 1.86. The third-order valence-corrected chi connectivity index (χ3v) is 3.64. The van der Waals surface area contributed by atoms with Gasteiger partial charge in [-0.2, -0.15) is 0 Å². The lowest BCUT2D eigenvalue weighted by Crippen LogP contribution is -2.14. The van der Waals surface area contributed by atoms with Crippen LogP contribution in [0.2, 0.25) is 0 Å². The normalized spacial score (nSPS) is 10.6. The van der Waals surface area contributed by atoms with Crippen LogP contribution >= 0.6 is 15.9 Å². The third kappa shape index (κ3) is 2.91. The first-order valence-corrected chi connectivity index (χ1v) is 6.78. The molecule has 0 atom stereocenters. The zero-order valence-electron chi connectivity index (χ0n) is 11.5. The second-order valence-electron chi connectivity index (χ2n) is 4.31. The van der Waals surface area contributed by atoms with E-state index in [-0.39, 0.29) is 12.2 Å². The molecule has 2 aromatic rings. The Morgan fingerprint density at radius 1 is 1.35 bits per heavy atom. The van der Waals surface area contributed by atoms with E-state index in [0.717, 1.165) is 11.1 Å².